The summed E-state index contributed by atoms with van der Waals surface area (Å²) in [5.74, 6) is -0.0195. The summed E-state index contributed by atoms with van der Waals surface area (Å²) in [6.07, 6.45) is 1.04. The van der Waals surface area contributed by atoms with Gasteiger partial charge in [-0.1, -0.05) is 6.92 Å². The number of hydrogen-bond donors (Lipinski definition) is 2. The highest BCUT2D eigenvalue weighted by Crippen LogP contribution is 2.28. The number of likely N-dealkylation sites (tertiary alicyclic amines) is 1. The second-order valence-electron chi connectivity index (χ2n) is 5.64. The van der Waals surface area contributed by atoms with Crippen molar-refractivity contribution in [1.82, 2.24) is 15.1 Å². The van der Waals surface area contributed by atoms with Crippen molar-refractivity contribution in [3.8, 4) is 0 Å². The lowest BCUT2D eigenvalue weighted by Gasteiger charge is -2.29. The van der Waals surface area contributed by atoms with Crippen molar-refractivity contribution in [3.63, 3.8) is 0 Å². The molecule has 1 atom stereocenters. The Morgan fingerprint density at radius 1 is 1.47 bits per heavy atom. The van der Waals surface area contributed by atoms with Gasteiger partial charge in [0.15, 0.2) is 0 Å². The number of nitrogens with two attached hydrogens (primary N) is 1. The van der Waals surface area contributed by atoms with Gasteiger partial charge in [-0.25, -0.2) is 0 Å². The maximum Gasteiger partial charge on any atom is 0.239 e. The molecule has 2 fully saturated rings. The van der Waals surface area contributed by atoms with E-state index in [1.54, 1.807) is 4.90 Å². The molecule has 0 aromatic carbocycles. The second kappa shape index (κ2) is 6.54. The molecule has 2 saturated heterocycles. The summed E-state index contributed by atoms with van der Waals surface area (Å²) in [6, 6.07) is 0. The Hall–Kier alpha value is -0.850. The van der Waals surface area contributed by atoms with Crippen LogP contribution in [0.1, 0.15) is 13.3 Å². The molecule has 0 aromatic rings. The normalized spacial score (nSPS) is 27.9. The van der Waals surface area contributed by atoms with Crippen molar-refractivity contribution in [3.05, 3.63) is 0 Å². The van der Waals surface area contributed by atoms with Gasteiger partial charge >= 0.3 is 0 Å². The first-order valence-electron chi connectivity index (χ1n) is 6.49. The molecule has 19 heavy (non-hydrogen) atoms. The Morgan fingerprint density at radius 3 is 2.79 bits per heavy atom. The van der Waals surface area contributed by atoms with E-state index >= 15 is 0 Å². The number of carbonyl (C=O) groups excluding carboxylic acids is 2. The van der Waals surface area contributed by atoms with E-state index in [0.29, 0.717) is 26.2 Å². The minimum atomic E-state index is -0.0668. The molecule has 0 radical (unpaired) electrons. The van der Waals surface area contributed by atoms with Gasteiger partial charge in [0, 0.05) is 19.6 Å². The summed E-state index contributed by atoms with van der Waals surface area (Å²) in [7, 11) is 0. The Bertz CT molecular complexity index is 353. The number of nitrogens with zero attached hydrogens (tertiary/aromatic N) is 2. The van der Waals surface area contributed by atoms with Crippen LogP contribution in [-0.4, -0.2) is 67.4 Å². The lowest BCUT2D eigenvalue weighted by molar-refractivity contribution is -0.138. The maximum atomic E-state index is 12.1. The zero-order valence-corrected chi connectivity index (χ0v) is 12.2. The number of carbonyl (C=O) groups is 2. The van der Waals surface area contributed by atoms with Gasteiger partial charge in [0.25, 0.3) is 0 Å². The minimum Gasteiger partial charge on any atom is -0.353 e. The molecule has 0 aromatic heterocycles. The first-order chi connectivity index (χ1) is 8.52. The number of amides is 2. The van der Waals surface area contributed by atoms with Gasteiger partial charge in [0.2, 0.25) is 11.8 Å². The zero-order valence-electron chi connectivity index (χ0n) is 11.4. The molecule has 2 amide bonds. The summed E-state index contributed by atoms with van der Waals surface area (Å²) in [5, 5.41) is 2.72. The Balaban J connectivity index is 0.00000180. The van der Waals surface area contributed by atoms with E-state index in [9.17, 15) is 9.59 Å². The fourth-order valence-corrected chi connectivity index (χ4v) is 2.57. The Morgan fingerprint density at radius 2 is 2.21 bits per heavy atom. The van der Waals surface area contributed by atoms with Crippen LogP contribution >= 0.6 is 12.4 Å². The van der Waals surface area contributed by atoms with E-state index in [4.69, 9.17) is 5.73 Å². The SMILES string of the molecule is CC1(CN)CCN(CC(=O)N2CCNC(=O)C2)C1.Cl. The van der Waals surface area contributed by atoms with Crippen LogP contribution in [0.4, 0.5) is 0 Å². The van der Waals surface area contributed by atoms with E-state index in [1.165, 1.54) is 0 Å². The lowest BCUT2D eigenvalue weighted by atomic mass is 9.90. The van der Waals surface area contributed by atoms with Crippen LogP contribution in [0, 0.1) is 5.41 Å². The van der Waals surface area contributed by atoms with E-state index in [-0.39, 0.29) is 36.2 Å². The van der Waals surface area contributed by atoms with Crippen molar-refractivity contribution >= 4 is 24.2 Å². The highest BCUT2D eigenvalue weighted by Gasteiger charge is 2.34. The van der Waals surface area contributed by atoms with Crippen LogP contribution in [0.15, 0.2) is 0 Å². The molecule has 7 heteroatoms. The van der Waals surface area contributed by atoms with Crippen molar-refractivity contribution in [2.45, 2.75) is 13.3 Å². The average molecular weight is 291 g/mol. The smallest absolute Gasteiger partial charge is 0.239 e. The molecule has 6 nitrogen and oxygen atoms in total. The Kier molecular flexibility index (Phi) is 5.58. The van der Waals surface area contributed by atoms with Crippen molar-refractivity contribution in [1.29, 1.82) is 0 Å². The summed E-state index contributed by atoms with van der Waals surface area (Å²) < 4.78 is 0. The third-order valence-electron chi connectivity index (χ3n) is 3.88. The van der Waals surface area contributed by atoms with Crippen LogP contribution in [0.2, 0.25) is 0 Å². The van der Waals surface area contributed by atoms with Gasteiger partial charge in [-0.05, 0) is 24.9 Å². The summed E-state index contributed by atoms with van der Waals surface area (Å²) in [6.45, 7) is 6.38. The van der Waals surface area contributed by atoms with Crippen LogP contribution < -0.4 is 11.1 Å². The minimum absolute atomic E-state index is 0. The number of rotatable bonds is 3. The molecule has 0 aliphatic carbocycles. The lowest BCUT2D eigenvalue weighted by Crippen LogP contribution is -2.52. The second-order valence-corrected chi connectivity index (χ2v) is 5.64. The van der Waals surface area contributed by atoms with Gasteiger partial charge in [-0.3, -0.25) is 14.5 Å². The summed E-state index contributed by atoms with van der Waals surface area (Å²) in [5.41, 5.74) is 5.89. The number of halogens is 1. The largest absolute Gasteiger partial charge is 0.353 e. The number of nitrogens with one attached hydrogen (secondary N) is 1. The molecular weight excluding hydrogens is 268 g/mol. The molecule has 2 aliphatic heterocycles. The van der Waals surface area contributed by atoms with E-state index in [0.717, 1.165) is 19.5 Å². The third kappa shape index (κ3) is 4.06. The topological polar surface area (TPSA) is 78.7 Å². The monoisotopic (exact) mass is 290 g/mol. The molecule has 0 bridgehead atoms. The van der Waals surface area contributed by atoms with Crippen LogP contribution in [0.25, 0.3) is 0 Å². The molecule has 2 heterocycles. The van der Waals surface area contributed by atoms with E-state index in [1.807, 2.05) is 0 Å². The van der Waals surface area contributed by atoms with E-state index < -0.39 is 0 Å². The molecule has 3 N–H and O–H groups in total. The van der Waals surface area contributed by atoms with Crippen molar-refractivity contribution in [2.75, 3.05) is 45.8 Å². The third-order valence-corrected chi connectivity index (χ3v) is 3.88. The highest BCUT2D eigenvalue weighted by atomic mass is 35.5. The van der Waals surface area contributed by atoms with Gasteiger partial charge in [-0.2, -0.15) is 0 Å². The standard InChI is InChI=1S/C12H22N4O2.ClH/c1-12(8-13)2-4-15(9-12)7-11(18)16-5-3-14-10(17)6-16;/h2-9,13H2,1H3,(H,14,17);1H. The summed E-state index contributed by atoms with van der Waals surface area (Å²) >= 11 is 0. The zero-order chi connectivity index (χ0) is 13.2. The molecule has 110 valence electrons. The summed E-state index contributed by atoms with van der Waals surface area (Å²) in [4.78, 5) is 27.1. The van der Waals surface area contributed by atoms with E-state index in [2.05, 4.69) is 17.1 Å². The van der Waals surface area contributed by atoms with Gasteiger partial charge in [-0.15, -0.1) is 12.4 Å². The van der Waals surface area contributed by atoms with Gasteiger partial charge < -0.3 is 16.0 Å². The highest BCUT2D eigenvalue weighted by molar-refractivity contribution is 5.86. The van der Waals surface area contributed by atoms with Crippen LogP contribution in [0.5, 0.6) is 0 Å². The number of piperazine rings is 1. The molecule has 0 saturated carbocycles. The first kappa shape index (κ1) is 16.2. The molecule has 2 aliphatic rings. The fourth-order valence-electron chi connectivity index (χ4n) is 2.57. The van der Waals surface area contributed by atoms with Crippen LogP contribution in [-0.2, 0) is 9.59 Å². The predicted octanol–water partition coefficient (Wildman–Crippen LogP) is -0.963. The predicted molar refractivity (Wildman–Crippen MR) is 75.1 cm³/mol. The van der Waals surface area contributed by atoms with Crippen molar-refractivity contribution in [2.24, 2.45) is 11.1 Å². The quantitative estimate of drug-likeness (QED) is 0.702. The first-order valence-corrected chi connectivity index (χ1v) is 6.49. The van der Waals surface area contributed by atoms with Crippen molar-refractivity contribution < 1.29 is 9.59 Å². The Labute approximate surface area is 120 Å². The molecule has 1 unspecified atom stereocenters. The van der Waals surface area contributed by atoms with Gasteiger partial charge in [0.05, 0.1) is 13.1 Å². The fraction of sp³-hybridized carbons (Fsp3) is 0.833. The van der Waals surface area contributed by atoms with Crippen LogP contribution in [0.3, 0.4) is 0 Å². The van der Waals surface area contributed by atoms with Gasteiger partial charge in [0.1, 0.15) is 0 Å². The molecular formula is C12H23ClN4O2. The maximum absolute atomic E-state index is 12.1. The number of hydrogen-bond acceptors (Lipinski definition) is 4. The average Bonchev–Trinajstić information content (AvgIpc) is 2.72. The molecule has 0 spiro atoms. The molecule has 2 rings (SSSR count).